The van der Waals surface area contributed by atoms with Crippen molar-refractivity contribution in [2.24, 2.45) is 0 Å². The van der Waals surface area contributed by atoms with E-state index in [2.05, 4.69) is 4.74 Å². The van der Waals surface area contributed by atoms with Crippen LogP contribution in [0.15, 0.2) is 48.5 Å². The lowest BCUT2D eigenvalue weighted by Gasteiger charge is -2.12. The molecule has 0 heterocycles. The van der Waals surface area contributed by atoms with Gasteiger partial charge in [-0.2, -0.15) is 8.78 Å². The minimum absolute atomic E-state index is 0.0728. The van der Waals surface area contributed by atoms with Crippen LogP contribution in [0, 0.1) is 0 Å². The third-order valence-corrected chi connectivity index (χ3v) is 3.86. The number of alkyl halides is 2. The maximum Gasteiger partial charge on any atom is 0.387 e. The molecule has 0 radical (unpaired) electrons. The van der Waals surface area contributed by atoms with Gasteiger partial charge < -0.3 is 18.9 Å². The van der Waals surface area contributed by atoms with Gasteiger partial charge in [-0.1, -0.05) is 12.1 Å². The zero-order chi connectivity index (χ0) is 21.4. The minimum atomic E-state index is -2.95. The first-order chi connectivity index (χ1) is 13.8. The second-order valence-corrected chi connectivity index (χ2v) is 5.76. The van der Waals surface area contributed by atoms with Gasteiger partial charge in [-0.25, -0.2) is 4.79 Å². The number of rotatable bonds is 9. The molecule has 0 aliphatic rings. The fourth-order valence-corrected chi connectivity index (χ4v) is 2.50. The van der Waals surface area contributed by atoms with Gasteiger partial charge >= 0.3 is 12.6 Å². The van der Waals surface area contributed by atoms with Gasteiger partial charge in [0.2, 0.25) is 5.78 Å². The van der Waals surface area contributed by atoms with Crippen LogP contribution in [0.1, 0.15) is 22.8 Å². The molecule has 1 atom stereocenters. The third-order valence-electron chi connectivity index (χ3n) is 3.86. The van der Waals surface area contributed by atoms with E-state index in [0.717, 1.165) is 0 Å². The van der Waals surface area contributed by atoms with Crippen LogP contribution < -0.4 is 14.2 Å². The van der Waals surface area contributed by atoms with Crippen LogP contribution in [0.2, 0.25) is 0 Å². The molecule has 6 nitrogen and oxygen atoms in total. The van der Waals surface area contributed by atoms with Crippen LogP contribution in [-0.4, -0.2) is 38.7 Å². The number of methoxy groups -OCH3 is 2. The summed E-state index contributed by atoms with van der Waals surface area (Å²) in [7, 11) is 2.98. The Morgan fingerprint density at radius 1 is 1.00 bits per heavy atom. The summed E-state index contributed by atoms with van der Waals surface area (Å²) in [6.07, 6.45) is 1.58. The molecular weight excluding hydrogens is 386 g/mol. The maximum atomic E-state index is 12.3. The minimum Gasteiger partial charge on any atom is -0.493 e. The molecule has 0 amide bonds. The number of hydrogen-bond acceptors (Lipinski definition) is 6. The first-order valence-electron chi connectivity index (χ1n) is 8.54. The van der Waals surface area contributed by atoms with E-state index in [1.807, 2.05) is 0 Å². The van der Waals surface area contributed by atoms with Crippen LogP contribution in [-0.2, 0) is 9.53 Å². The normalized spacial score (nSPS) is 11.9. The molecule has 2 aromatic rings. The summed E-state index contributed by atoms with van der Waals surface area (Å²) in [4.78, 5) is 24.4. The van der Waals surface area contributed by atoms with E-state index >= 15 is 0 Å². The van der Waals surface area contributed by atoms with Crippen LogP contribution in [0.4, 0.5) is 8.78 Å². The zero-order valence-electron chi connectivity index (χ0n) is 16.1. The fourth-order valence-electron chi connectivity index (χ4n) is 2.50. The number of ether oxygens (including phenoxy) is 4. The first kappa shape index (κ1) is 21.9. The third kappa shape index (κ3) is 6.03. The van der Waals surface area contributed by atoms with Crippen molar-refractivity contribution in [1.29, 1.82) is 0 Å². The van der Waals surface area contributed by atoms with Crippen LogP contribution in [0.5, 0.6) is 17.2 Å². The number of benzene rings is 2. The van der Waals surface area contributed by atoms with Crippen molar-refractivity contribution in [3.05, 3.63) is 59.7 Å². The maximum absolute atomic E-state index is 12.3. The van der Waals surface area contributed by atoms with Gasteiger partial charge in [0.25, 0.3) is 0 Å². The predicted molar refractivity (Wildman–Crippen MR) is 102 cm³/mol. The summed E-state index contributed by atoms with van der Waals surface area (Å²) in [5, 5.41) is 0. The highest BCUT2D eigenvalue weighted by molar-refractivity contribution is 6.01. The summed E-state index contributed by atoms with van der Waals surface area (Å²) in [6, 6.07) is 10.3. The average Bonchev–Trinajstić information content (AvgIpc) is 2.71. The second kappa shape index (κ2) is 10.2. The van der Waals surface area contributed by atoms with Crippen LogP contribution in [0.3, 0.4) is 0 Å². The molecule has 0 aliphatic carbocycles. The van der Waals surface area contributed by atoms with E-state index in [1.165, 1.54) is 57.6 Å². The largest absolute Gasteiger partial charge is 0.493 e. The number of halogens is 2. The molecule has 0 bridgehead atoms. The van der Waals surface area contributed by atoms with E-state index in [9.17, 15) is 18.4 Å². The van der Waals surface area contributed by atoms with Crippen molar-refractivity contribution in [3.8, 4) is 17.2 Å². The van der Waals surface area contributed by atoms with Gasteiger partial charge in [0, 0.05) is 17.2 Å². The number of esters is 1. The fraction of sp³-hybridized carbons (Fsp3) is 0.238. The Hall–Kier alpha value is -3.42. The Kier molecular flexibility index (Phi) is 7.70. The molecule has 154 valence electrons. The van der Waals surface area contributed by atoms with Gasteiger partial charge in [-0.15, -0.1) is 0 Å². The van der Waals surface area contributed by atoms with Gasteiger partial charge in [-0.05, 0) is 43.3 Å². The Bertz CT molecular complexity index is 877. The van der Waals surface area contributed by atoms with Crippen molar-refractivity contribution < 1.29 is 37.3 Å². The molecule has 0 saturated heterocycles. The first-order valence-corrected chi connectivity index (χ1v) is 8.54. The molecule has 0 aromatic heterocycles. The van der Waals surface area contributed by atoms with Crippen molar-refractivity contribution in [3.63, 3.8) is 0 Å². The lowest BCUT2D eigenvalue weighted by atomic mass is 10.1. The Morgan fingerprint density at radius 3 is 2.28 bits per heavy atom. The van der Waals surface area contributed by atoms with E-state index in [-0.39, 0.29) is 11.3 Å². The van der Waals surface area contributed by atoms with Gasteiger partial charge in [0.05, 0.1) is 14.2 Å². The SMILES string of the molecule is COc1cccc(/C=C/C(=O)O[C@H](C)C(=O)c2ccc(OC(F)F)cc2)c1OC. The van der Waals surface area contributed by atoms with Crippen molar-refractivity contribution in [1.82, 2.24) is 0 Å². The highest BCUT2D eigenvalue weighted by Gasteiger charge is 2.19. The molecule has 0 saturated carbocycles. The highest BCUT2D eigenvalue weighted by Crippen LogP contribution is 2.31. The summed E-state index contributed by atoms with van der Waals surface area (Å²) in [5.74, 6) is -0.320. The van der Waals surface area contributed by atoms with Gasteiger partial charge in [0.15, 0.2) is 17.6 Å². The predicted octanol–water partition coefficient (Wildman–Crippen LogP) is 4.13. The molecule has 2 aromatic carbocycles. The second-order valence-electron chi connectivity index (χ2n) is 5.76. The monoisotopic (exact) mass is 406 g/mol. The number of hydrogen-bond donors (Lipinski definition) is 0. The lowest BCUT2D eigenvalue weighted by molar-refractivity contribution is -0.140. The van der Waals surface area contributed by atoms with Gasteiger partial charge in [0.1, 0.15) is 5.75 Å². The molecular formula is C21H20F2O6. The molecule has 0 spiro atoms. The van der Waals surface area contributed by atoms with E-state index in [1.54, 1.807) is 18.2 Å². The number of ketones is 1. The highest BCUT2D eigenvalue weighted by atomic mass is 19.3. The average molecular weight is 406 g/mol. The molecule has 0 fully saturated rings. The molecule has 2 rings (SSSR count). The molecule has 8 heteroatoms. The number of carbonyl (C=O) groups excluding carboxylic acids is 2. The molecule has 0 aliphatic heterocycles. The van der Waals surface area contributed by atoms with Crippen molar-refractivity contribution >= 4 is 17.8 Å². The summed E-state index contributed by atoms with van der Waals surface area (Å²) < 4.78 is 44.1. The van der Waals surface area contributed by atoms with Crippen LogP contribution >= 0.6 is 0 Å². The standard InChI is InChI=1S/C21H20F2O6/c1-13(19(25)14-7-10-16(11-8-14)29-21(22)23)28-18(24)12-9-15-5-4-6-17(26-2)20(15)27-3/h4-13,21H,1-3H3/b12-9+/t13-/m1/s1. The molecule has 0 unspecified atom stereocenters. The molecule has 29 heavy (non-hydrogen) atoms. The van der Waals surface area contributed by atoms with Crippen LogP contribution in [0.25, 0.3) is 6.08 Å². The Morgan fingerprint density at radius 2 is 1.69 bits per heavy atom. The topological polar surface area (TPSA) is 71.1 Å². The van der Waals surface area contributed by atoms with Crippen molar-refractivity contribution in [2.45, 2.75) is 19.6 Å². The Labute approximate surface area is 166 Å². The number of Topliss-reactive ketones (excluding diaryl/α,β-unsaturated/α-hetero) is 1. The van der Waals surface area contributed by atoms with Gasteiger partial charge in [-0.3, -0.25) is 4.79 Å². The smallest absolute Gasteiger partial charge is 0.387 e. The molecule has 0 N–H and O–H groups in total. The Balaban J connectivity index is 2.01. The van der Waals surface area contributed by atoms with E-state index < -0.39 is 24.5 Å². The quantitative estimate of drug-likeness (QED) is 0.354. The number of para-hydroxylation sites is 1. The van der Waals surface area contributed by atoms with Crippen molar-refractivity contribution in [2.75, 3.05) is 14.2 Å². The lowest BCUT2D eigenvalue weighted by Crippen LogP contribution is -2.23. The summed E-state index contributed by atoms with van der Waals surface area (Å²) in [5.41, 5.74) is 0.794. The summed E-state index contributed by atoms with van der Waals surface area (Å²) >= 11 is 0. The summed E-state index contributed by atoms with van der Waals surface area (Å²) in [6.45, 7) is -1.53. The number of carbonyl (C=O) groups is 2. The van der Waals surface area contributed by atoms with E-state index in [4.69, 9.17) is 14.2 Å². The zero-order valence-corrected chi connectivity index (χ0v) is 16.1. The van der Waals surface area contributed by atoms with E-state index in [0.29, 0.717) is 17.1 Å².